The first kappa shape index (κ1) is 19.8. The topological polar surface area (TPSA) is 8.81 Å². The molecule has 0 radical (unpaired) electrons. The van der Waals surface area contributed by atoms with Crippen LogP contribution in [0.4, 0.5) is 0 Å². The molecule has 2 aromatic rings. The first-order chi connectivity index (χ1) is 12.2. The Morgan fingerprint density at radius 1 is 0.840 bits per heavy atom. The van der Waals surface area contributed by atoms with Gasteiger partial charge >= 0.3 is 0 Å². The number of aryl methyl sites for hydroxylation is 1. The van der Waals surface area contributed by atoms with Crippen molar-refractivity contribution in [2.45, 2.75) is 91.0 Å². The lowest BCUT2D eigenvalue weighted by atomic mass is 10.1. The van der Waals surface area contributed by atoms with Crippen molar-refractivity contribution >= 4 is 0 Å². The van der Waals surface area contributed by atoms with Gasteiger partial charge in [-0.15, -0.1) is 0 Å². The fourth-order valence-corrected chi connectivity index (χ4v) is 3.64. The van der Waals surface area contributed by atoms with Crippen LogP contribution in [-0.4, -0.2) is 4.57 Å². The Bertz CT molecular complexity index is 583. The summed E-state index contributed by atoms with van der Waals surface area (Å²) in [6.07, 6.45) is 17.0. The van der Waals surface area contributed by atoms with Gasteiger partial charge in [0.1, 0.15) is 18.1 Å². The van der Waals surface area contributed by atoms with Gasteiger partial charge in [-0.2, -0.15) is 4.57 Å². The molecule has 0 aliphatic rings. The predicted octanol–water partition coefficient (Wildman–Crippen LogP) is 6.42. The Balaban J connectivity index is 1.80. The number of hydrogen-bond acceptors (Lipinski definition) is 0. The van der Waals surface area contributed by atoms with Gasteiger partial charge in [-0.05, 0) is 25.0 Å². The smallest absolute Gasteiger partial charge is 0.234 e. The van der Waals surface area contributed by atoms with Crippen LogP contribution in [0.2, 0.25) is 0 Å². The molecular formula is C23H37N2+. The Hall–Kier alpha value is -1.57. The standard InChI is InChI=1S/C23H37N2/c1-4-5-6-7-8-9-10-11-15-18-24-19-20-25(23(24)21(2)3)22-16-13-12-14-17-22/h12-14,16-17,19-21H,4-11,15,18H2,1-3H3/q+1. The van der Waals surface area contributed by atoms with Crippen molar-refractivity contribution in [1.29, 1.82) is 0 Å². The minimum absolute atomic E-state index is 0.522. The lowest BCUT2D eigenvalue weighted by molar-refractivity contribution is -0.705. The molecule has 1 aromatic carbocycles. The quantitative estimate of drug-likeness (QED) is 0.311. The normalized spacial score (nSPS) is 11.4. The van der Waals surface area contributed by atoms with Crippen LogP contribution in [0.5, 0.6) is 0 Å². The van der Waals surface area contributed by atoms with Gasteiger partial charge in [-0.1, -0.05) is 83.9 Å². The maximum atomic E-state index is 2.46. The summed E-state index contributed by atoms with van der Waals surface area (Å²) in [6, 6.07) is 10.7. The number of benzene rings is 1. The minimum Gasteiger partial charge on any atom is -0.234 e. The summed E-state index contributed by atoms with van der Waals surface area (Å²) in [5.74, 6) is 1.93. The zero-order valence-corrected chi connectivity index (χ0v) is 16.6. The van der Waals surface area contributed by atoms with Crippen LogP contribution in [0.1, 0.15) is 90.3 Å². The van der Waals surface area contributed by atoms with Gasteiger partial charge in [-0.25, -0.2) is 4.57 Å². The van der Waals surface area contributed by atoms with Crippen LogP contribution in [0, 0.1) is 0 Å². The summed E-state index contributed by atoms with van der Waals surface area (Å²) in [5.41, 5.74) is 1.26. The van der Waals surface area contributed by atoms with E-state index >= 15 is 0 Å². The van der Waals surface area contributed by atoms with Gasteiger partial charge in [0.2, 0.25) is 0 Å². The summed E-state index contributed by atoms with van der Waals surface area (Å²) < 4.78 is 4.80. The number of hydrogen-bond donors (Lipinski definition) is 0. The van der Waals surface area contributed by atoms with E-state index in [9.17, 15) is 0 Å². The second kappa shape index (κ2) is 11.1. The van der Waals surface area contributed by atoms with E-state index in [1.807, 2.05) is 0 Å². The highest BCUT2D eigenvalue weighted by molar-refractivity contribution is 5.32. The fraction of sp³-hybridized carbons (Fsp3) is 0.609. The third kappa shape index (κ3) is 6.34. The summed E-state index contributed by atoms with van der Waals surface area (Å²) >= 11 is 0. The third-order valence-electron chi connectivity index (χ3n) is 4.99. The highest BCUT2D eigenvalue weighted by atomic mass is 15.2. The van der Waals surface area contributed by atoms with E-state index < -0.39 is 0 Å². The van der Waals surface area contributed by atoms with Crippen LogP contribution >= 0.6 is 0 Å². The summed E-state index contributed by atoms with van der Waals surface area (Å²) in [6.45, 7) is 8.01. The molecule has 0 unspecified atom stereocenters. The molecular weight excluding hydrogens is 304 g/mol. The largest absolute Gasteiger partial charge is 0.264 e. The SMILES string of the molecule is CCCCCCCCCCC[n+]1ccn(-c2ccccc2)c1C(C)C. The van der Waals surface area contributed by atoms with Crippen LogP contribution in [0.25, 0.3) is 5.69 Å². The molecule has 0 spiro atoms. The van der Waals surface area contributed by atoms with Gasteiger partial charge in [0.05, 0.1) is 12.5 Å². The minimum atomic E-state index is 0.522. The maximum Gasteiger partial charge on any atom is 0.264 e. The highest BCUT2D eigenvalue weighted by Crippen LogP contribution is 2.17. The van der Waals surface area contributed by atoms with Gasteiger partial charge in [0.25, 0.3) is 5.82 Å². The number of aromatic nitrogens is 2. The predicted molar refractivity (Wildman–Crippen MR) is 107 cm³/mol. The lowest BCUT2D eigenvalue weighted by Crippen LogP contribution is -2.37. The molecule has 2 heteroatoms. The number of para-hydroxylation sites is 1. The van der Waals surface area contributed by atoms with Crippen molar-refractivity contribution in [2.24, 2.45) is 0 Å². The van der Waals surface area contributed by atoms with E-state index in [0.29, 0.717) is 5.92 Å². The fourth-order valence-electron chi connectivity index (χ4n) is 3.64. The van der Waals surface area contributed by atoms with Crippen molar-refractivity contribution in [1.82, 2.24) is 4.57 Å². The summed E-state index contributed by atoms with van der Waals surface area (Å²) in [5, 5.41) is 0. The van der Waals surface area contributed by atoms with Gasteiger partial charge in [0, 0.05) is 0 Å². The highest BCUT2D eigenvalue weighted by Gasteiger charge is 2.21. The zero-order chi connectivity index (χ0) is 17.9. The van der Waals surface area contributed by atoms with Crippen molar-refractivity contribution < 1.29 is 4.57 Å². The Morgan fingerprint density at radius 3 is 2.04 bits per heavy atom. The van der Waals surface area contributed by atoms with E-state index in [0.717, 1.165) is 6.54 Å². The average Bonchev–Trinajstić information content (AvgIpc) is 3.05. The molecule has 0 aliphatic carbocycles. The number of nitrogens with zero attached hydrogens (tertiary/aromatic N) is 2. The summed E-state index contributed by atoms with van der Waals surface area (Å²) in [7, 11) is 0. The molecule has 0 bridgehead atoms. The molecule has 138 valence electrons. The van der Waals surface area contributed by atoms with E-state index in [-0.39, 0.29) is 0 Å². The molecule has 1 heterocycles. The van der Waals surface area contributed by atoms with Crippen LogP contribution in [0.15, 0.2) is 42.7 Å². The Kier molecular flexibility index (Phi) is 8.79. The Morgan fingerprint density at radius 2 is 1.44 bits per heavy atom. The van der Waals surface area contributed by atoms with Crippen LogP contribution in [0.3, 0.4) is 0 Å². The Labute approximate surface area is 154 Å². The van der Waals surface area contributed by atoms with Gasteiger partial charge < -0.3 is 0 Å². The first-order valence-electron chi connectivity index (χ1n) is 10.4. The van der Waals surface area contributed by atoms with Crippen LogP contribution in [-0.2, 0) is 6.54 Å². The monoisotopic (exact) mass is 341 g/mol. The number of unbranched alkanes of at least 4 members (excludes halogenated alkanes) is 8. The van der Waals surface area contributed by atoms with Crippen molar-refractivity contribution in [2.75, 3.05) is 0 Å². The number of rotatable bonds is 12. The molecule has 0 atom stereocenters. The second-order valence-corrected chi connectivity index (χ2v) is 7.54. The van der Waals surface area contributed by atoms with Crippen molar-refractivity contribution in [3.63, 3.8) is 0 Å². The van der Waals surface area contributed by atoms with Gasteiger partial charge in [0.15, 0.2) is 0 Å². The van der Waals surface area contributed by atoms with E-state index in [2.05, 4.69) is 72.6 Å². The van der Waals surface area contributed by atoms with Gasteiger partial charge in [-0.3, -0.25) is 0 Å². The molecule has 0 saturated carbocycles. The molecule has 0 amide bonds. The molecule has 2 nitrogen and oxygen atoms in total. The van der Waals surface area contributed by atoms with Crippen molar-refractivity contribution in [3.8, 4) is 5.69 Å². The van der Waals surface area contributed by atoms with E-state index in [1.54, 1.807) is 0 Å². The molecule has 2 rings (SSSR count). The molecule has 0 saturated heterocycles. The van der Waals surface area contributed by atoms with E-state index in [1.165, 1.54) is 69.3 Å². The molecule has 25 heavy (non-hydrogen) atoms. The van der Waals surface area contributed by atoms with Crippen LogP contribution < -0.4 is 4.57 Å². The first-order valence-corrected chi connectivity index (χ1v) is 10.4. The lowest BCUT2D eigenvalue weighted by Gasteiger charge is -2.08. The average molecular weight is 342 g/mol. The molecule has 0 fully saturated rings. The molecule has 0 N–H and O–H groups in total. The zero-order valence-electron chi connectivity index (χ0n) is 16.6. The summed E-state index contributed by atoms with van der Waals surface area (Å²) in [4.78, 5) is 0. The molecule has 0 aliphatic heterocycles. The van der Waals surface area contributed by atoms with Crippen molar-refractivity contribution in [3.05, 3.63) is 48.5 Å². The number of imidazole rings is 1. The van der Waals surface area contributed by atoms with E-state index in [4.69, 9.17) is 0 Å². The third-order valence-corrected chi connectivity index (χ3v) is 4.99. The maximum absolute atomic E-state index is 2.46. The molecule has 1 aromatic heterocycles. The second-order valence-electron chi connectivity index (χ2n) is 7.54.